The van der Waals surface area contributed by atoms with Gasteiger partial charge in [-0.1, -0.05) is 24.3 Å². The van der Waals surface area contributed by atoms with Crippen molar-refractivity contribution >= 4 is 27.3 Å². The molecule has 2 aromatic rings. The van der Waals surface area contributed by atoms with Gasteiger partial charge < -0.3 is 14.5 Å². The predicted molar refractivity (Wildman–Crippen MR) is 120 cm³/mol. The summed E-state index contributed by atoms with van der Waals surface area (Å²) in [6.45, 7) is 5.90. The van der Waals surface area contributed by atoms with Crippen molar-refractivity contribution in [1.82, 2.24) is 4.90 Å². The molecule has 3 rings (SSSR count). The van der Waals surface area contributed by atoms with Crippen molar-refractivity contribution in [1.29, 1.82) is 0 Å². The first-order valence-electron chi connectivity index (χ1n) is 9.95. The van der Waals surface area contributed by atoms with Gasteiger partial charge in [0.2, 0.25) is 15.9 Å². The minimum Gasteiger partial charge on any atom is -0.495 e. The van der Waals surface area contributed by atoms with Gasteiger partial charge in [-0.2, -0.15) is 0 Å². The van der Waals surface area contributed by atoms with Crippen LogP contribution in [0.15, 0.2) is 48.5 Å². The number of amides is 1. The Balaban J connectivity index is 1.74. The zero-order valence-electron chi connectivity index (χ0n) is 17.9. The van der Waals surface area contributed by atoms with Gasteiger partial charge in [0.25, 0.3) is 0 Å². The second-order valence-corrected chi connectivity index (χ2v) is 9.42. The van der Waals surface area contributed by atoms with Crippen molar-refractivity contribution in [3.8, 4) is 5.75 Å². The van der Waals surface area contributed by atoms with E-state index in [2.05, 4.69) is 4.90 Å². The molecule has 1 aliphatic rings. The number of aryl methyl sites for hydroxylation is 1. The lowest BCUT2D eigenvalue weighted by molar-refractivity contribution is -0.132. The summed E-state index contributed by atoms with van der Waals surface area (Å²) in [6.07, 6.45) is 1.14. The van der Waals surface area contributed by atoms with Crippen LogP contribution in [0, 0.1) is 6.92 Å². The molecule has 0 saturated carbocycles. The molecule has 0 aromatic heterocycles. The van der Waals surface area contributed by atoms with Crippen LogP contribution in [-0.2, 0) is 14.8 Å². The number of piperazine rings is 1. The first-order chi connectivity index (χ1) is 14.2. The molecule has 1 heterocycles. The third kappa shape index (κ3) is 4.70. The van der Waals surface area contributed by atoms with Crippen molar-refractivity contribution in [2.75, 3.05) is 48.7 Å². The van der Waals surface area contributed by atoms with E-state index in [0.717, 1.165) is 23.3 Å². The maximum Gasteiger partial charge on any atom is 0.246 e. The number of para-hydroxylation sites is 2. The second-order valence-electron chi connectivity index (χ2n) is 7.56. The van der Waals surface area contributed by atoms with Crippen LogP contribution in [-0.4, -0.2) is 64.8 Å². The van der Waals surface area contributed by atoms with Crippen molar-refractivity contribution in [3.05, 3.63) is 54.1 Å². The molecule has 1 amide bonds. The SMILES string of the molecule is COc1ccccc1N1CCN(C(=O)[C@@H](C)N(c2cccc(C)c2)S(C)(=O)=O)CC1. The normalized spacial score (nSPS) is 15.6. The number of carbonyl (C=O) groups excluding carboxylic acids is 1. The summed E-state index contributed by atoms with van der Waals surface area (Å²) in [5, 5.41) is 0. The Labute approximate surface area is 178 Å². The Hall–Kier alpha value is -2.74. The number of hydrogen-bond donors (Lipinski definition) is 0. The van der Waals surface area contributed by atoms with Gasteiger partial charge in [0.1, 0.15) is 11.8 Å². The quantitative estimate of drug-likeness (QED) is 0.703. The van der Waals surface area contributed by atoms with Gasteiger partial charge in [-0.15, -0.1) is 0 Å². The molecule has 0 aliphatic carbocycles. The molecule has 0 N–H and O–H groups in total. The summed E-state index contributed by atoms with van der Waals surface area (Å²) in [5.41, 5.74) is 2.44. The van der Waals surface area contributed by atoms with E-state index in [9.17, 15) is 13.2 Å². The Morgan fingerprint density at radius 2 is 1.73 bits per heavy atom. The lowest BCUT2D eigenvalue weighted by Crippen LogP contribution is -2.55. The number of hydrogen-bond acceptors (Lipinski definition) is 5. The standard InChI is InChI=1S/C22H29N3O4S/c1-17-8-7-9-19(16-17)25(30(4,27)28)18(2)22(26)24-14-12-23(13-15-24)20-10-5-6-11-21(20)29-3/h5-11,16,18H,12-15H2,1-4H3/t18-/m1/s1. The minimum absolute atomic E-state index is 0.193. The van der Waals surface area contributed by atoms with E-state index < -0.39 is 16.1 Å². The topological polar surface area (TPSA) is 70.2 Å². The number of sulfonamides is 1. The number of rotatable bonds is 6. The molecule has 1 saturated heterocycles. The number of nitrogens with zero attached hydrogens (tertiary/aromatic N) is 3. The van der Waals surface area contributed by atoms with Gasteiger partial charge in [-0.3, -0.25) is 9.10 Å². The number of methoxy groups -OCH3 is 1. The fraction of sp³-hybridized carbons (Fsp3) is 0.409. The Bertz CT molecular complexity index is 1000. The predicted octanol–water partition coefficient (Wildman–Crippen LogP) is 2.51. The van der Waals surface area contributed by atoms with Crippen LogP contribution in [0.4, 0.5) is 11.4 Å². The number of ether oxygens (including phenoxy) is 1. The Morgan fingerprint density at radius 3 is 2.33 bits per heavy atom. The van der Waals surface area contributed by atoms with E-state index in [-0.39, 0.29) is 5.91 Å². The maximum atomic E-state index is 13.2. The van der Waals surface area contributed by atoms with Gasteiger partial charge in [-0.25, -0.2) is 8.42 Å². The fourth-order valence-electron chi connectivity index (χ4n) is 3.89. The molecule has 1 atom stereocenters. The molecule has 7 nitrogen and oxygen atoms in total. The highest BCUT2D eigenvalue weighted by Crippen LogP contribution is 2.29. The van der Waals surface area contributed by atoms with Gasteiger partial charge >= 0.3 is 0 Å². The van der Waals surface area contributed by atoms with Crippen molar-refractivity contribution in [2.24, 2.45) is 0 Å². The lowest BCUT2D eigenvalue weighted by Gasteiger charge is -2.39. The number of anilines is 2. The molecule has 1 fully saturated rings. The van der Waals surface area contributed by atoms with Crippen LogP contribution in [0.1, 0.15) is 12.5 Å². The largest absolute Gasteiger partial charge is 0.495 e. The monoisotopic (exact) mass is 431 g/mol. The molecular weight excluding hydrogens is 402 g/mol. The van der Waals surface area contributed by atoms with Crippen LogP contribution < -0.4 is 13.9 Å². The van der Waals surface area contributed by atoms with E-state index in [1.807, 2.05) is 37.3 Å². The van der Waals surface area contributed by atoms with Crippen LogP contribution in [0.3, 0.4) is 0 Å². The summed E-state index contributed by atoms with van der Waals surface area (Å²) < 4.78 is 31.7. The van der Waals surface area contributed by atoms with Gasteiger partial charge in [0.05, 0.1) is 24.7 Å². The third-order valence-electron chi connectivity index (χ3n) is 5.34. The van der Waals surface area contributed by atoms with Crippen molar-refractivity contribution in [2.45, 2.75) is 19.9 Å². The van der Waals surface area contributed by atoms with E-state index >= 15 is 0 Å². The summed E-state index contributed by atoms with van der Waals surface area (Å²) in [4.78, 5) is 17.1. The van der Waals surface area contributed by atoms with Crippen LogP contribution >= 0.6 is 0 Å². The minimum atomic E-state index is -3.62. The van der Waals surface area contributed by atoms with E-state index in [4.69, 9.17) is 4.74 Å². The highest BCUT2D eigenvalue weighted by Gasteiger charge is 2.33. The van der Waals surface area contributed by atoms with Crippen LogP contribution in [0.2, 0.25) is 0 Å². The molecule has 1 aliphatic heterocycles. The number of benzene rings is 2. The summed E-state index contributed by atoms with van der Waals surface area (Å²) in [5.74, 6) is 0.606. The summed E-state index contributed by atoms with van der Waals surface area (Å²) >= 11 is 0. The highest BCUT2D eigenvalue weighted by molar-refractivity contribution is 7.92. The zero-order valence-corrected chi connectivity index (χ0v) is 18.7. The molecule has 0 unspecified atom stereocenters. The summed E-state index contributed by atoms with van der Waals surface area (Å²) in [7, 11) is -1.98. The fourth-order valence-corrected chi connectivity index (χ4v) is 5.05. The lowest BCUT2D eigenvalue weighted by atomic mass is 10.2. The third-order valence-corrected chi connectivity index (χ3v) is 6.58. The zero-order chi connectivity index (χ0) is 21.9. The van der Waals surface area contributed by atoms with Gasteiger partial charge in [0, 0.05) is 26.2 Å². The molecule has 8 heteroatoms. The van der Waals surface area contributed by atoms with Crippen LogP contribution in [0.25, 0.3) is 0 Å². The molecule has 162 valence electrons. The second kappa shape index (κ2) is 8.95. The molecule has 0 radical (unpaired) electrons. The summed E-state index contributed by atoms with van der Waals surface area (Å²) in [6, 6.07) is 14.2. The van der Waals surface area contributed by atoms with E-state index in [1.54, 1.807) is 37.1 Å². The van der Waals surface area contributed by atoms with E-state index in [0.29, 0.717) is 31.9 Å². The molecule has 30 heavy (non-hydrogen) atoms. The number of carbonyl (C=O) groups is 1. The highest BCUT2D eigenvalue weighted by atomic mass is 32.2. The molecule has 2 aromatic carbocycles. The maximum absolute atomic E-state index is 13.2. The molecule has 0 spiro atoms. The Kier molecular flexibility index (Phi) is 6.55. The van der Waals surface area contributed by atoms with Crippen molar-refractivity contribution < 1.29 is 17.9 Å². The first kappa shape index (κ1) is 22.0. The average molecular weight is 432 g/mol. The Morgan fingerprint density at radius 1 is 1.07 bits per heavy atom. The van der Waals surface area contributed by atoms with E-state index in [1.165, 1.54) is 4.31 Å². The first-order valence-corrected chi connectivity index (χ1v) is 11.8. The van der Waals surface area contributed by atoms with Crippen LogP contribution in [0.5, 0.6) is 5.75 Å². The smallest absolute Gasteiger partial charge is 0.246 e. The molecular formula is C22H29N3O4S. The van der Waals surface area contributed by atoms with Crippen molar-refractivity contribution in [3.63, 3.8) is 0 Å². The average Bonchev–Trinajstić information content (AvgIpc) is 2.72. The molecule has 0 bridgehead atoms. The van der Waals surface area contributed by atoms with Gasteiger partial charge in [-0.05, 0) is 43.7 Å². The van der Waals surface area contributed by atoms with Gasteiger partial charge in [0.15, 0.2) is 0 Å².